The van der Waals surface area contributed by atoms with Crippen molar-refractivity contribution >= 4 is 33.6 Å². The molecule has 0 saturated heterocycles. The van der Waals surface area contributed by atoms with E-state index in [1.54, 1.807) is 6.92 Å². The standard InChI is InChI=1S/C8H13N3O3S3/c1-6-9-7(15-2)11-8(10-6)16-4-3-5-17(12,13)14/h3-5H2,1-2H3,(H,12,13,14). The van der Waals surface area contributed by atoms with Crippen molar-refractivity contribution < 1.29 is 13.0 Å². The van der Waals surface area contributed by atoms with Gasteiger partial charge in [-0.15, -0.1) is 0 Å². The fourth-order valence-electron chi connectivity index (χ4n) is 0.994. The molecule has 0 atom stereocenters. The number of hydrogen-bond donors (Lipinski definition) is 1. The van der Waals surface area contributed by atoms with Crippen LogP contribution in [0.25, 0.3) is 0 Å². The summed E-state index contributed by atoms with van der Waals surface area (Å²) in [6.45, 7) is 1.78. The molecule has 0 saturated carbocycles. The molecule has 17 heavy (non-hydrogen) atoms. The molecule has 0 aliphatic carbocycles. The highest BCUT2D eigenvalue weighted by Gasteiger charge is 2.06. The summed E-state index contributed by atoms with van der Waals surface area (Å²) in [6.07, 6.45) is 2.24. The zero-order chi connectivity index (χ0) is 12.9. The number of aromatic nitrogens is 3. The molecule has 1 heterocycles. The third-order valence-electron chi connectivity index (χ3n) is 1.67. The molecule has 1 N–H and O–H groups in total. The van der Waals surface area contributed by atoms with Gasteiger partial charge in [0.05, 0.1) is 5.75 Å². The van der Waals surface area contributed by atoms with Crippen LogP contribution in [0.15, 0.2) is 10.3 Å². The van der Waals surface area contributed by atoms with Gasteiger partial charge in [-0.2, -0.15) is 13.4 Å². The summed E-state index contributed by atoms with van der Waals surface area (Å²) in [5.41, 5.74) is 0. The van der Waals surface area contributed by atoms with Gasteiger partial charge >= 0.3 is 0 Å². The SMILES string of the molecule is CSc1nc(C)nc(SCCCS(=O)(=O)O)n1. The molecular formula is C8H13N3O3S3. The molecule has 0 aliphatic heterocycles. The molecule has 9 heteroatoms. The molecule has 1 rings (SSSR count). The number of thioether (sulfide) groups is 2. The summed E-state index contributed by atoms with van der Waals surface area (Å²) >= 11 is 2.78. The van der Waals surface area contributed by atoms with E-state index >= 15 is 0 Å². The maximum atomic E-state index is 10.5. The first-order chi connectivity index (χ1) is 7.90. The molecule has 1 aromatic heterocycles. The van der Waals surface area contributed by atoms with Crippen molar-refractivity contribution in [3.8, 4) is 0 Å². The number of rotatable bonds is 6. The Hall–Kier alpha value is -0.380. The summed E-state index contributed by atoms with van der Waals surface area (Å²) in [5.74, 6) is 0.942. The van der Waals surface area contributed by atoms with Crippen molar-refractivity contribution in [1.82, 2.24) is 15.0 Å². The molecule has 1 aromatic rings. The second-order valence-corrected chi connectivity index (χ2v) is 6.55. The van der Waals surface area contributed by atoms with Gasteiger partial charge < -0.3 is 0 Å². The predicted octanol–water partition coefficient (Wildman–Crippen LogP) is 1.27. The van der Waals surface area contributed by atoms with E-state index in [4.69, 9.17) is 4.55 Å². The highest BCUT2D eigenvalue weighted by atomic mass is 32.2. The predicted molar refractivity (Wildman–Crippen MR) is 68.1 cm³/mol. The first kappa shape index (κ1) is 14.7. The van der Waals surface area contributed by atoms with Gasteiger partial charge in [0.15, 0.2) is 10.3 Å². The summed E-state index contributed by atoms with van der Waals surface area (Å²) in [5, 5.41) is 1.23. The first-order valence-corrected chi connectivity index (χ1v) is 8.57. The van der Waals surface area contributed by atoms with Crippen molar-refractivity contribution in [3.63, 3.8) is 0 Å². The quantitative estimate of drug-likeness (QED) is 0.476. The second kappa shape index (κ2) is 6.53. The van der Waals surface area contributed by atoms with Crippen LogP contribution < -0.4 is 0 Å². The Kier molecular flexibility index (Phi) is 5.63. The minimum Gasteiger partial charge on any atom is -0.286 e. The van der Waals surface area contributed by atoms with Gasteiger partial charge in [-0.25, -0.2) is 9.97 Å². The molecule has 96 valence electrons. The maximum Gasteiger partial charge on any atom is 0.264 e. The van der Waals surface area contributed by atoms with E-state index in [1.807, 2.05) is 6.26 Å². The van der Waals surface area contributed by atoms with Crippen LogP contribution in [0, 0.1) is 6.92 Å². The highest BCUT2D eigenvalue weighted by molar-refractivity contribution is 7.99. The molecule has 0 fully saturated rings. The van der Waals surface area contributed by atoms with E-state index in [0.29, 0.717) is 28.3 Å². The third-order valence-corrected chi connectivity index (χ3v) is 3.95. The lowest BCUT2D eigenvalue weighted by atomic mass is 10.6. The summed E-state index contributed by atoms with van der Waals surface area (Å²) in [6, 6.07) is 0. The fourth-order valence-corrected chi connectivity index (χ4v) is 2.96. The average Bonchev–Trinajstić information content (AvgIpc) is 2.22. The van der Waals surface area contributed by atoms with Crippen molar-refractivity contribution in [2.24, 2.45) is 0 Å². The minimum atomic E-state index is -3.87. The van der Waals surface area contributed by atoms with Gasteiger partial charge in [-0.1, -0.05) is 23.5 Å². The molecule has 0 aliphatic rings. The molecular weight excluding hydrogens is 282 g/mol. The van der Waals surface area contributed by atoms with E-state index in [1.165, 1.54) is 23.5 Å². The lowest BCUT2D eigenvalue weighted by molar-refractivity contribution is 0.482. The van der Waals surface area contributed by atoms with E-state index in [0.717, 1.165) is 0 Å². The number of nitrogens with zero attached hydrogens (tertiary/aromatic N) is 3. The molecule has 0 spiro atoms. The lowest BCUT2D eigenvalue weighted by Crippen LogP contribution is -2.05. The molecule has 0 bridgehead atoms. The molecule has 0 aromatic carbocycles. The maximum absolute atomic E-state index is 10.5. The molecule has 0 radical (unpaired) electrons. The molecule has 0 unspecified atom stereocenters. The van der Waals surface area contributed by atoms with Crippen LogP contribution in [0.5, 0.6) is 0 Å². The average molecular weight is 295 g/mol. The van der Waals surface area contributed by atoms with Crippen molar-refractivity contribution in [2.45, 2.75) is 23.7 Å². The first-order valence-electron chi connectivity index (χ1n) is 4.75. The van der Waals surface area contributed by atoms with Crippen LogP contribution in [0.3, 0.4) is 0 Å². The molecule has 0 amide bonds. The minimum absolute atomic E-state index is 0.237. The van der Waals surface area contributed by atoms with Crippen molar-refractivity contribution in [2.75, 3.05) is 17.8 Å². The van der Waals surface area contributed by atoms with Gasteiger partial charge in [-0.3, -0.25) is 4.55 Å². The Morgan fingerprint density at radius 2 is 1.88 bits per heavy atom. The largest absolute Gasteiger partial charge is 0.286 e. The monoisotopic (exact) mass is 295 g/mol. The summed E-state index contributed by atoms with van der Waals surface area (Å²) in [4.78, 5) is 12.4. The van der Waals surface area contributed by atoms with Crippen LogP contribution in [0.4, 0.5) is 0 Å². The zero-order valence-corrected chi connectivity index (χ0v) is 11.9. The van der Waals surface area contributed by atoms with Gasteiger partial charge in [0.2, 0.25) is 0 Å². The zero-order valence-electron chi connectivity index (χ0n) is 9.45. The van der Waals surface area contributed by atoms with Gasteiger partial charge in [0.25, 0.3) is 10.1 Å². The van der Waals surface area contributed by atoms with Crippen LogP contribution in [0.1, 0.15) is 12.2 Å². The van der Waals surface area contributed by atoms with Gasteiger partial charge in [0.1, 0.15) is 5.82 Å². The molecule has 6 nitrogen and oxygen atoms in total. The third kappa shape index (κ3) is 6.20. The van der Waals surface area contributed by atoms with Crippen LogP contribution in [-0.4, -0.2) is 45.7 Å². The van der Waals surface area contributed by atoms with E-state index in [9.17, 15) is 8.42 Å². The topological polar surface area (TPSA) is 93.0 Å². The van der Waals surface area contributed by atoms with Crippen LogP contribution in [-0.2, 0) is 10.1 Å². The Labute approximate surface area is 109 Å². The van der Waals surface area contributed by atoms with Crippen molar-refractivity contribution in [3.05, 3.63) is 5.82 Å². The van der Waals surface area contributed by atoms with Crippen LogP contribution in [0.2, 0.25) is 0 Å². The highest BCUT2D eigenvalue weighted by Crippen LogP contribution is 2.17. The second-order valence-electron chi connectivity index (χ2n) is 3.14. The Morgan fingerprint density at radius 1 is 1.24 bits per heavy atom. The van der Waals surface area contributed by atoms with Gasteiger partial charge in [-0.05, 0) is 19.6 Å². The Bertz CT molecular complexity index is 478. The van der Waals surface area contributed by atoms with Crippen LogP contribution >= 0.6 is 23.5 Å². The Morgan fingerprint density at radius 3 is 2.47 bits per heavy atom. The fraction of sp³-hybridized carbons (Fsp3) is 0.625. The lowest BCUT2D eigenvalue weighted by Gasteiger charge is -2.02. The Balaban J connectivity index is 2.49. The summed E-state index contributed by atoms with van der Waals surface area (Å²) in [7, 11) is -3.87. The van der Waals surface area contributed by atoms with E-state index < -0.39 is 10.1 Å². The van der Waals surface area contributed by atoms with E-state index in [-0.39, 0.29) is 5.75 Å². The number of hydrogen-bond acceptors (Lipinski definition) is 7. The number of aryl methyl sites for hydroxylation is 1. The van der Waals surface area contributed by atoms with Gasteiger partial charge in [0, 0.05) is 5.75 Å². The normalized spacial score (nSPS) is 11.7. The summed E-state index contributed by atoms with van der Waals surface area (Å²) < 4.78 is 29.6. The van der Waals surface area contributed by atoms with Crippen molar-refractivity contribution in [1.29, 1.82) is 0 Å². The van der Waals surface area contributed by atoms with E-state index in [2.05, 4.69) is 15.0 Å². The smallest absolute Gasteiger partial charge is 0.264 e.